The molecule has 3 aromatic rings. The van der Waals surface area contributed by atoms with Gasteiger partial charge in [0.15, 0.2) is 0 Å². The number of carbonyl (C=O) groups excluding carboxylic acids is 1. The first kappa shape index (κ1) is 18.8. The van der Waals surface area contributed by atoms with Crippen molar-refractivity contribution in [2.24, 2.45) is 0 Å². The summed E-state index contributed by atoms with van der Waals surface area (Å²) in [5, 5.41) is 11.4. The number of ether oxygens (including phenoxy) is 1. The molecule has 1 amide bonds. The van der Waals surface area contributed by atoms with Crippen molar-refractivity contribution in [1.82, 2.24) is 15.5 Å². The van der Waals surface area contributed by atoms with Crippen LogP contribution in [-0.2, 0) is 11.2 Å². The standard InChI is InChI=1S/C20H17ClFN3O2/c21-17-4-2-1-3-15(17)13-19(26)23-11-12-27-20-10-9-18(24-25-20)14-5-7-16(22)8-6-14/h1-10H,11-13H2,(H,23,26). The molecule has 2 aromatic carbocycles. The summed E-state index contributed by atoms with van der Waals surface area (Å²) in [6, 6.07) is 16.6. The van der Waals surface area contributed by atoms with E-state index in [1.807, 2.05) is 18.2 Å². The summed E-state index contributed by atoms with van der Waals surface area (Å²) >= 11 is 6.04. The molecule has 0 fully saturated rings. The van der Waals surface area contributed by atoms with Gasteiger partial charge in [-0.05, 0) is 42.0 Å². The van der Waals surface area contributed by atoms with Crippen molar-refractivity contribution >= 4 is 17.5 Å². The second kappa shape index (κ2) is 9.09. The monoisotopic (exact) mass is 385 g/mol. The summed E-state index contributed by atoms with van der Waals surface area (Å²) in [7, 11) is 0. The van der Waals surface area contributed by atoms with Crippen LogP contribution in [0.2, 0.25) is 5.02 Å². The average Bonchev–Trinajstić information content (AvgIpc) is 2.68. The van der Waals surface area contributed by atoms with E-state index >= 15 is 0 Å². The predicted octanol–water partition coefficient (Wildman–Crippen LogP) is 3.67. The second-order valence-electron chi connectivity index (χ2n) is 5.73. The van der Waals surface area contributed by atoms with E-state index in [1.54, 1.807) is 30.3 Å². The highest BCUT2D eigenvalue weighted by atomic mass is 35.5. The molecule has 138 valence electrons. The third-order valence-electron chi connectivity index (χ3n) is 3.76. The van der Waals surface area contributed by atoms with Crippen molar-refractivity contribution in [3.05, 3.63) is 77.1 Å². The zero-order chi connectivity index (χ0) is 19.1. The van der Waals surface area contributed by atoms with Crippen LogP contribution in [0.15, 0.2) is 60.7 Å². The van der Waals surface area contributed by atoms with E-state index in [9.17, 15) is 9.18 Å². The fraction of sp³-hybridized carbons (Fsp3) is 0.150. The SMILES string of the molecule is O=C(Cc1ccccc1Cl)NCCOc1ccc(-c2ccc(F)cc2)nn1. The Labute approximate surface area is 161 Å². The lowest BCUT2D eigenvalue weighted by molar-refractivity contribution is -0.120. The molecule has 0 saturated carbocycles. The molecule has 0 atom stereocenters. The first-order valence-corrected chi connectivity index (χ1v) is 8.72. The van der Waals surface area contributed by atoms with Gasteiger partial charge in [-0.2, -0.15) is 0 Å². The van der Waals surface area contributed by atoms with Crippen LogP contribution in [0.4, 0.5) is 4.39 Å². The number of hydrogen-bond acceptors (Lipinski definition) is 4. The van der Waals surface area contributed by atoms with E-state index < -0.39 is 0 Å². The quantitative estimate of drug-likeness (QED) is 0.630. The number of amides is 1. The number of benzene rings is 2. The number of aromatic nitrogens is 2. The lowest BCUT2D eigenvalue weighted by Gasteiger charge is -2.08. The normalized spacial score (nSPS) is 10.4. The predicted molar refractivity (Wildman–Crippen MR) is 101 cm³/mol. The van der Waals surface area contributed by atoms with E-state index in [0.717, 1.165) is 11.1 Å². The highest BCUT2D eigenvalue weighted by molar-refractivity contribution is 6.31. The van der Waals surface area contributed by atoms with Crippen LogP contribution in [-0.4, -0.2) is 29.3 Å². The molecule has 0 aliphatic heterocycles. The minimum Gasteiger partial charge on any atom is -0.475 e. The smallest absolute Gasteiger partial charge is 0.233 e. The third-order valence-corrected chi connectivity index (χ3v) is 4.13. The summed E-state index contributed by atoms with van der Waals surface area (Å²) in [5.74, 6) is -0.0890. The Morgan fingerprint density at radius 3 is 2.52 bits per heavy atom. The summed E-state index contributed by atoms with van der Waals surface area (Å²) in [5.41, 5.74) is 2.16. The van der Waals surface area contributed by atoms with Crippen LogP contribution in [0.1, 0.15) is 5.56 Å². The largest absolute Gasteiger partial charge is 0.475 e. The van der Waals surface area contributed by atoms with Crippen LogP contribution < -0.4 is 10.1 Å². The number of hydrogen-bond donors (Lipinski definition) is 1. The van der Waals surface area contributed by atoms with E-state index in [-0.39, 0.29) is 24.8 Å². The Kier molecular flexibility index (Phi) is 6.33. The van der Waals surface area contributed by atoms with Gasteiger partial charge in [-0.15, -0.1) is 10.2 Å². The topological polar surface area (TPSA) is 64.1 Å². The van der Waals surface area contributed by atoms with Gasteiger partial charge in [-0.25, -0.2) is 4.39 Å². The Morgan fingerprint density at radius 1 is 1.04 bits per heavy atom. The minimum absolute atomic E-state index is 0.135. The maximum Gasteiger partial charge on any atom is 0.233 e. The molecule has 3 rings (SSSR count). The number of nitrogens with zero attached hydrogens (tertiary/aromatic N) is 2. The van der Waals surface area contributed by atoms with Gasteiger partial charge in [0.05, 0.1) is 18.7 Å². The second-order valence-corrected chi connectivity index (χ2v) is 6.14. The molecule has 1 aromatic heterocycles. The minimum atomic E-state index is -0.303. The lowest BCUT2D eigenvalue weighted by Crippen LogP contribution is -2.29. The fourth-order valence-electron chi connectivity index (χ4n) is 2.39. The van der Waals surface area contributed by atoms with Crippen molar-refractivity contribution < 1.29 is 13.9 Å². The van der Waals surface area contributed by atoms with E-state index in [0.29, 0.717) is 23.1 Å². The molecule has 0 aliphatic carbocycles. The molecule has 0 aliphatic rings. The van der Waals surface area contributed by atoms with Crippen LogP contribution in [0.5, 0.6) is 5.88 Å². The molecule has 27 heavy (non-hydrogen) atoms. The molecule has 1 heterocycles. The number of carbonyl (C=O) groups is 1. The Balaban J connectivity index is 1.43. The highest BCUT2D eigenvalue weighted by Gasteiger charge is 2.06. The van der Waals surface area contributed by atoms with Crippen LogP contribution in [0, 0.1) is 5.82 Å². The maximum atomic E-state index is 12.9. The number of rotatable bonds is 7. The third kappa shape index (κ3) is 5.49. The summed E-state index contributed by atoms with van der Waals surface area (Å²) in [6.45, 7) is 0.601. The molecule has 0 spiro atoms. The molecule has 5 nitrogen and oxygen atoms in total. The van der Waals surface area contributed by atoms with Crippen LogP contribution in [0.3, 0.4) is 0 Å². The van der Waals surface area contributed by atoms with Crippen molar-refractivity contribution in [1.29, 1.82) is 0 Å². The molecular weight excluding hydrogens is 369 g/mol. The van der Waals surface area contributed by atoms with Gasteiger partial charge < -0.3 is 10.1 Å². The zero-order valence-electron chi connectivity index (χ0n) is 14.4. The van der Waals surface area contributed by atoms with Crippen LogP contribution in [0.25, 0.3) is 11.3 Å². The average molecular weight is 386 g/mol. The summed E-state index contributed by atoms with van der Waals surface area (Å²) < 4.78 is 18.4. The van der Waals surface area contributed by atoms with Gasteiger partial charge in [0.2, 0.25) is 11.8 Å². The van der Waals surface area contributed by atoms with E-state index in [1.165, 1.54) is 12.1 Å². The number of nitrogens with one attached hydrogen (secondary N) is 1. The molecule has 7 heteroatoms. The molecule has 1 N–H and O–H groups in total. The fourth-order valence-corrected chi connectivity index (χ4v) is 2.60. The van der Waals surface area contributed by atoms with Crippen LogP contribution >= 0.6 is 11.6 Å². The summed E-state index contributed by atoms with van der Waals surface area (Å²) in [4.78, 5) is 11.9. The zero-order valence-corrected chi connectivity index (χ0v) is 15.1. The van der Waals surface area contributed by atoms with Gasteiger partial charge in [-0.1, -0.05) is 29.8 Å². The van der Waals surface area contributed by atoms with Gasteiger partial charge >= 0.3 is 0 Å². The molecule has 0 saturated heterocycles. The Bertz CT molecular complexity index is 902. The molecule has 0 bridgehead atoms. The van der Waals surface area contributed by atoms with Crippen molar-refractivity contribution in [3.63, 3.8) is 0 Å². The van der Waals surface area contributed by atoms with Crippen molar-refractivity contribution in [2.45, 2.75) is 6.42 Å². The van der Waals surface area contributed by atoms with E-state index in [4.69, 9.17) is 16.3 Å². The highest BCUT2D eigenvalue weighted by Crippen LogP contribution is 2.18. The summed E-state index contributed by atoms with van der Waals surface area (Å²) in [6.07, 6.45) is 0.214. The lowest BCUT2D eigenvalue weighted by atomic mass is 10.1. The first-order chi connectivity index (χ1) is 13.1. The maximum absolute atomic E-state index is 12.9. The van der Waals surface area contributed by atoms with Gasteiger partial charge in [0, 0.05) is 16.7 Å². The van der Waals surface area contributed by atoms with Gasteiger partial charge in [0.25, 0.3) is 0 Å². The van der Waals surface area contributed by atoms with Gasteiger partial charge in [0.1, 0.15) is 12.4 Å². The van der Waals surface area contributed by atoms with Crippen molar-refractivity contribution in [2.75, 3.05) is 13.2 Å². The van der Waals surface area contributed by atoms with Gasteiger partial charge in [-0.3, -0.25) is 4.79 Å². The van der Waals surface area contributed by atoms with Crippen molar-refractivity contribution in [3.8, 4) is 17.1 Å². The first-order valence-electron chi connectivity index (χ1n) is 8.34. The Hall–Kier alpha value is -2.99. The molecular formula is C20H17ClFN3O2. The number of halogens is 2. The molecule has 0 radical (unpaired) electrons. The Morgan fingerprint density at radius 2 is 1.81 bits per heavy atom. The van der Waals surface area contributed by atoms with E-state index in [2.05, 4.69) is 15.5 Å². The molecule has 0 unspecified atom stereocenters.